The second kappa shape index (κ2) is 7.06. The fourth-order valence-electron chi connectivity index (χ4n) is 3.52. The largest absolute Gasteiger partial charge is 0.347 e. The van der Waals surface area contributed by atoms with Crippen molar-refractivity contribution in [2.45, 2.75) is 18.8 Å². The maximum atomic E-state index is 12.7. The maximum Gasteiger partial charge on any atom is 0.347 e. The standard InChI is InChI=1S/C19H19N5O3/c25-16-10-4-9-15(20-16)18(26)23-11-5-6-13(12-23)17-21-22-19(27)24(17)14-7-2-1-3-8-14/h1-4,7-10,13H,5-6,11-12H2,(H,20,25)(H,22,27)/t13-/m1/s1. The van der Waals surface area contributed by atoms with Crippen LogP contribution in [0, 0.1) is 0 Å². The van der Waals surface area contributed by atoms with Gasteiger partial charge in [0.15, 0.2) is 0 Å². The summed E-state index contributed by atoms with van der Waals surface area (Å²) in [4.78, 5) is 40.8. The van der Waals surface area contributed by atoms with Gasteiger partial charge < -0.3 is 9.88 Å². The lowest BCUT2D eigenvalue weighted by atomic mass is 9.96. The highest BCUT2D eigenvalue weighted by Gasteiger charge is 2.29. The molecule has 0 unspecified atom stereocenters. The topological polar surface area (TPSA) is 104 Å². The van der Waals surface area contributed by atoms with Gasteiger partial charge in [-0.2, -0.15) is 5.10 Å². The number of hydrogen-bond donors (Lipinski definition) is 2. The van der Waals surface area contributed by atoms with E-state index < -0.39 is 0 Å². The van der Waals surface area contributed by atoms with Crippen LogP contribution in [0.25, 0.3) is 5.69 Å². The molecule has 0 radical (unpaired) electrons. The zero-order chi connectivity index (χ0) is 18.8. The van der Waals surface area contributed by atoms with Crippen LogP contribution in [0.2, 0.25) is 0 Å². The molecule has 8 nitrogen and oxygen atoms in total. The van der Waals surface area contributed by atoms with E-state index in [4.69, 9.17) is 0 Å². The minimum absolute atomic E-state index is 0.0720. The molecule has 0 saturated carbocycles. The number of aromatic nitrogens is 4. The molecule has 27 heavy (non-hydrogen) atoms. The van der Waals surface area contributed by atoms with Crippen molar-refractivity contribution in [1.29, 1.82) is 0 Å². The van der Waals surface area contributed by atoms with Crippen LogP contribution in [0.3, 0.4) is 0 Å². The highest BCUT2D eigenvalue weighted by molar-refractivity contribution is 5.92. The molecule has 0 bridgehead atoms. The Bertz CT molecular complexity index is 1070. The summed E-state index contributed by atoms with van der Waals surface area (Å²) in [6, 6.07) is 13.8. The zero-order valence-electron chi connectivity index (χ0n) is 14.6. The van der Waals surface area contributed by atoms with Gasteiger partial charge in [0.1, 0.15) is 11.5 Å². The van der Waals surface area contributed by atoms with Gasteiger partial charge in [-0.15, -0.1) is 0 Å². The van der Waals surface area contributed by atoms with E-state index in [1.54, 1.807) is 21.6 Å². The Balaban J connectivity index is 1.62. The van der Waals surface area contributed by atoms with Gasteiger partial charge in [-0.05, 0) is 31.0 Å². The molecule has 0 spiro atoms. The summed E-state index contributed by atoms with van der Waals surface area (Å²) in [6.07, 6.45) is 1.62. The minimum atomic E-state index is -0.306. The van der Waals surface area contributed by atoms with E-state index in [0.717, 1.165) is 18.5 Å². The van der Waals surface area contributed by atoms with E-state index in [2.05, 4.69) is 15.2 Å². The molecule has 1 saturated heterocycles. The van der Waals surface area contributed by atoms with E-state index >= 15 is 0 Å². The third-order valence-corrected chi connectivity index (χ3v) is 4.79. The van der Waals surface area contributed by atoms with Crippen LogP contribution in [-0.4, -0.2) is 43.6 Å². The van der Waals surface area contributed by atoms with Gasteiger partial charge in [0.05, 0.1) is 5.69 Å². The number of benzene rings is 1. The number of nitrogens with one attached hydrogen (secondary N) is 2. The Hall–Kier alpha value is -3.42. The highest BCUT2D eigenvalue weighted by Crippen LogP contribution is 2.26. The average Bonchev–Trinajstić information content (AvgIpc) is 3.09. The Kier molecular flexibility index (Phi) is 4.45. The van der Waals surface area contributed by atoms with Crippen LogP contribution >= 0.6 is 0 Å². The van der Waals surface area contributed by atoms with Crippen LogP contribution in [0.1, 0.15) is 35.1 Å². The van der Waals surface area contributed by atoms with Crippen molar-refractivity contribution in [3.05, 3.63) is 80.9 Å². The molecule has 138 valence electrons. The SMILES string of the molecule is O=C(c1cccc(=O)[nH]1)N1CCC[C@@H](c2n[nH]c(=O)n2-c2ccccc2)C1. The monoisotopic (exact) mass is 365 g/mol. The summed E-state index contributed by atoms with van der Waals surface area (Å²) in [5, 5.41) is 6.75. The van der Waals surface area contributed by atoms with Crippen molar-refractivity contribution >= 4 is 5.91 Å². The molecule has 0 aliphatic carbocycles. The van der Waals surface area contributed by atoms with E-state index in [0.29, 0.717) is 18.9 Å². The number of likely N-dealkylation sites (tertiary alicyclic amines) is 1. The second-order valence-electron chi connectivity index (χ2n) is 6.58. The van der Waals surface area contributed by atoms with E-state index in [-0.39, 0.29) is 28.8 Å². The fourth-order valence-corrected chi connectivity index (χ4v) is 3.52. The number of carbonyl (C=O) groups excluding carboxylic acids is 1. The van der Waals surface area contributed by atoms with Crippen LogP contribution < -0.4 is 11.2 Å². The van der Waals surface area contributed by atoms with Gasteiger partial charge in [-0.25, -0.2) is 14.5 Å². The number of nitrogens with zero attached hydrogens (tertiary/aromatic N) is 3. The molecule has 1 atom stereocenters. The number of amides is 1. The van der Waals surface area contributed by atoms with Gasteiger partial charge in [0, 0.05) is 25.1 Å². The van der Waals surface area contributed by atoms with Crippen molar-refractivity contribution in [3.8, 4) is 5.69 Å². The second-order valence-corrected chi connectivity index (χ2v) is 6.58. The number of pyridine rings is 1. The van der Waals surface area contributed by atoms with Crippen molar-refractivity contribution in [2.75, 3.05) is 13.1 Å². The smallest absolute Gasteiger partial charge is 0.337 e. The normalized spacial score (nSPS) is 17.0. The summed E-state index contributed by atoms with van der Waals surface area (Å²) in [5.41, 5.74) is 0.402. The van der Waals surface area contributed by atoms with Gasteiger partial charge >= 0.3 is 5.69 Å². The molecule has 3 aromatic rings. The average molecular weight is 365 g/mol. The number of piperidine rings is 1. The number of aromatic amines is 2. The van der Waals surface area contributed by atoms with Gasteiger partial charge in [-0.1, -0.05) is 24.3 Å². The van der Waals surface area contributed by atoms with Gasteiger partial charge in [0.2, 0.25) is 5.56 Å². The molecule has 1 aliphatic rings. The molecule has 1 aromatic carbocycles. The first kappa shape index (κ1) is 17.0. The number of rotatable bonds is 3. The Morgan fingerprint density at radius 3 is 2.67 bits per heavy atom. The molecule has 4 rings (SSSR count). The predicted molar refractivity (Wildman–Crippen MR) is 99.1 cm³/mol. The van der Waals surface area contributed by atoms with Gasteiger partial charge in [0.25, 0.3) is 5.91 Å². The summed E-state index contributed by atoms with van der Waals surface area (Å²) >= 11 is 0. The van der Waals surface area contributed by atoms with Crippen molar-refractivity contribution in [1.82, 2.24) is 24.6 Å². The van der Waals surface area contributed by atoms with Crippen molar-refractivity contribution in [3.63, 3.8) is 0 Å². The third kappa shape index (κ3) is 3.33. The molecule has 2 N–H and O–H groups in total. The lowest BCUT2D eigenvalue weighted by Gasteiger charge is -2.32. The summed E-state index contributed by atoms with van der Waals surface area (Å²) in [7, 11) is 0. The Labute approximate surface area is 154 Å². The fraction of sp³-hybridized carbons (Fsp3) is 0.263. The zero-order valence-corrected chi connectivity index (χ0v) is 14.6. The lowest BCUT2D eigenvalue weighted by Crippen LogP contribution is -2.40. The number of para-hydroxylation sites is 1. The van der Waals surface area contributed by atoms with E-state index in [1.807, 2.05) is 30.3 Å². The maximum absolute atomic E-state index is 12.7. The number of hydrogen-bond acceptors (Lipinski definition) is 4. The molecular weight excluding hydrogens is 346 g/mol. The summed E-state index contributed by atoms with van der Waals surface area (Å²) in [6.45, 7) is 1.04. The molecule has 2 aromatic heterocycles. The summed E-state index contributed by atoms with van der Waals surface area (Å²) in [5.74, 6) is 0.323. The quantitative estimate of drug-likeness (QED) is 0.729. The minimum Gasteiger partial charge on any atom is -0.337 e. The Morgan fingerprint density at radius 1 is 1.07 bits per heavy atom. The lowest BCUT2D eigenvalue weighted by molar-refractivity contribution is 0.0697. The van der Waals surface area contributed by atoms with Crippen LogP contribution in [0.4, 0.5) is 0 Å². The molecular formula is C19H19N5O3. The molecule has 1 aliphatic heterocycles. The first-order chi connectivity index (χ1) is 13.1. The molecule has 3 heterocycles. The number of H-pyrrole nitrogens is 2. The first-order valence-corrected chi connectivity index (χ1v) is 8.85. The molecule has 8 heteroatoms. The van der Waals surface area contributed by atoms with Crippen LogP contribution in [0.5, 0.6) is 0 Å². The van der Waals surface area contributed by atoms with Crippen molar-refractivity contribution in [2.24, 2.45) is 0 Å². The molecule has 1 amide bonds. The number of carbonyl (C=O) groups is 1. The molecule has 1 fully saturated rings. The van der Waals surface area contributed by atoms with Crippen LogP contribution in [0.15, 0.2) is 58.1 Å². The third-order valence-electron chi connectivity index (χ3n) is 4.79. The van der Waals surface area contributed by atoms with Crippen molar-refractivity contribution < 1.29 is 4.79 Å². The van der Waals surface area contributed by atoms with Crippen LogP contribution in [-0.2, 0) is 0 Å². The Morgan fingerprint density at radius 2 is 1.89 bits per heavy atom. The predicted octanol–water partition coefficient (Wildman–Crippen LogP) is 1.27. The highest BCUT2D eigenvalue weighted by atomic mass is 16.2. The first-order valence-electron chi connectivity index (χ1n) is 8.85. The van der Waals surface area contributed by atoms with E-state index in [9.17, 15) is 14.4 Å². The van der Waals surface area contributed by atoms with E-state index in [1.165, 1.54) is 6.07 Å². The van der Waals surface area contributed by atoms with Gasteiger partial charge in [-0.3, -0.25) is 9.59 Å². The summed E-state index contributed by atoms with van der Waals surface area (Å²) < 4.78 is 1.56.